The standard InChI is InChI=1S/C14H17IN2O3/c1-9(14(20)17-6-2-3-7-17)16-13(19)11-8-10(15)4-5-12(11)18/h4-5,8-9,18H,2-3,6-7H2,1H3,(H,16,19). The Bertz CT molecular complexity index is 527. The highest BCUT2D eigenvalue weighted by atomic mass is 127. The number of phenolic OH excluding ortho intramolecular Hbond substituents is 1. The number of amides is 2. The Balaban J connectivity index is 2.03. The van der Waals surface area contributed by atoms with Crippen molar-refractivity contribution in [1.82, 2.24) is 10.2 Å². The highest BCUT2D eigenvalue weighted by Gasteiger charge is 2.25. The molecule has 0 bridgehead atoms. The first-order valence-corrected chi connectivity index (χ1v) is 7.65. The monoisotopic (exact) mass is 388 g/mol. The number of halogens is 1. The second-order valence-electron chi connectivity index (χ2n) is 4.89. The molecule has 0 aromatic heterocycles. The molecule has 2 N–H and O–H groups in total. The van der Waals surface area contributed by atoms with Gasteiger partial charge in [0, 0.05) is 16.7 Å². The fourth-order valence-corrected chi connectivity index (χ4v) is 2.73. The van der Waals surface area contributed by atoms with Gasteiger partial charge in [-0.3, -0.25) is 9.59 Å². The number of carbonyl (C=O) groups excluding carboxylic acids is 2. The molecule has 0 spiro atoms. The van der Waals surface area contributed by atoms with E-state index in [1.165, 1.54) is 6.07 Å². The number of aromatic hydroxyl groups is 1. The summed E-state index contributed by atoms with van der Waals surface area (Å²) in [7, 11) is 0. The fourth-order valence-electron chi connectivity index (χ4n) is 2.24. The first-order valence-electron chi connectivity index (χ1n) is 6.57. The van der Waals surface area contributed by atoms with Crippen LogP contribution in [0.2, 0.25) is 0 Å². The van der Waals surface area contributed by atoms with E-state index in [1.807, 2.05) is 0 Å². The smallest absolute Gasteiger partial charge is 0.255 e. The van der Waals surface area contributed by atoms with Crippen LogP contribution in [-0.2, 0) is 4.79 Å². The van der Waals surface area contributed by atoms with Gasteiger partial charge in [0.25, 0.3) is 5.91 Å². The Kier molecular flexibility index (Phi) is 4.85. The van der Waals surface area contributed by atoms with Gasteiger partial charge < -0.3 is 15.3 Å². The predicted molar refractivity (Wildman–Crippen MR) is 83.6 cm³/mol. The minimum absolute atomic E-state index is 0.0685. The van der Waals surface area contributed by atoms with Crippen molar-refractivity contribution in [3.8, 4) is 5.75 Å². The lowest BCUT2D eigenvalue weighted by Crippen LogP contribution is -2.45. The molecular formula is C14H17IN2O3. The van der Waals surface area contributed by atoms with E-state index in [9.17, 15) is 14.7 Å². The molecule has 0 radical (unpaired) electrons. The van der Waals surface area contributed by atoms with Crippen molar-refractivity contribution in [2.24, 2.45) is 0 Å². The van der Waals surface area contributed by atoms with Crippen molar-refractivity contribution in [3.63, 3.8) is 0 Å². The first-order chi connectivity index (χ1) is 9.49. The van der Waals surface area contributed by atoms with Crippen LogP contribution < -0.4 is 5.32 Å². The van der Waals surface area contributed by atoms with Gasteiger partial charge in [-0.25, -0.2) is 0 Å². The number of nitrogens with zero attached hydrogens (tertiary/aromatic N) is 1. The van der Waals surface area contributed by atoms with Crippen LogP contribution in [0.15, 0.2) is 18.2 Å². The van der Waals surface area contributed by atoms with E-state index in [0.29, 0.717) is 0 Å². The zero-order valence-electron chi connectivity index (χ0n) is 11.2. The quantitative estimate of drug-likeness (QED) is 0.776. The van der Waals surface area contributed by atoms with Crippen LogP contribution in [0.3, 0.4) is 0 Å². The number of nitrogens with one attached hydrogen (secondary N) is 1. The van der Waals surface area contributed by atoms with Gasteiger partial charge in [-0.2, -0.15) is 0 Å². The Morgan fingerprint density at radius 2 is 2.00 bits per heavy atom. The van der Waals surface area contributed by atoms with Gasteiger partial charge >= 0.3 is 0 Å². The van der Waals surface area contributed by atoms with Crippen LogP contribution in [0.5, 0.6) is 5.75 Å². The Hall–Kier alpha value is -1.31. The molecule has 1 aliphatic rings. The summed E-state index contributed by atoms with van der Waals surface area (Å²) in [4.78, 5) is 26.0. The minimum atomic E-state index is -0.585. The highest BCUT2D eigenvalue weighted by Crippen LogP contribution is 2.19. The van der Waals surface area contributed by atoms with Crippen LogP contribution in [0.4, 0.5) is 0 Å². The number of hydrogen-bond acceptors (Lipinski definition) is 3. The molecule has 1 saturated heterocycles. The van der Waals surface area contributed by atoms with E-state index in [4.69, 9.17) is 0 Å². The number of likely N-dealkylation sites (tertiary alicyclic amines) is 1. The molecule has 0 aliphatic carbocycles. The summed E-state index contributed by atoms with van der Waals surface area (Å²) in [6.45, 7) is 3.19. The Labute approximate surface area is 131 Å². The molecule has 2 amide bonds. The van der Waals surface area contributed by atoms with Crippen molar-refractivity contribution in [3.05, 3.63) is 27.3 Å². The van der Waals surface area contributed by atoms with Gasteiger partial charge in [-0.05, 0) is 60.6 Å². The molecule has 1 heterocycles. The third kappa shape index (κ3) is 3.41. The number of benzene rings is 1. The zero-order valence-corrected chi connectivity index (χ0v) is 13.4. The second kappa shape index (κ2) is 6.43. The molecule has 20 heavy (non-hydrogen) atoms. The average molecular weight is 388 g/mol. The number of carbonyl (C=O) groups is 2. The lowest BCUT2D eigenvalue weighted by atomic mass is 10.1. The van der Waals surface area contributed by atoms with E-state index in [0.717, 1.165) is 29.5 Å². The molecule has 1 aromatic carbocycles. The maximum Gasteiger partial charge on any atom is 0.255 e. The summed E-state index contributed by atoms with van der Waals surface area (Å²) in [5.74, 6) is -0.578. The lowest BCUT2D eigenvalue weighted by Gasteiger charge is -2.21. The molecule has 0 saturated carbocycles. The molecular weight excluding hydrogens is 371 g/mol. The van der Waals surface area contributed by atoms with Crippen LogP contribution >= 0.6 is 22.6 Å². The Morgan fingerprint density at radius 1 is 1.35 bits per heavy atom. The van der Waals surface area contributed by atoms with Gasteiger partial charge in [-0.15, -0.1) is 0 Å². The number of hydrogen-bond donors (Lipinski definition) is 2. The molecule has 2 rings (SSSR count). The van der Waals surface area contributed by atoms with E-state index >= 15 is 0 Å². The molecule has 108 valence electrons. The van der Waals surface area contributed by atoms with E-state index < -0.39 is 11.9 Å². The van der Waals surface area contributed by atoms with Gasteiger partial charge in [0.05, 0.1) is 5.56 Å². The molecule has 5 nitrogen and oxygen atoms in total. The zero-order chi connectivity index (χ0) is 14.7. The van der Waals surface area contributed by atoms with Crippen molar-refractivity contribution in [2.75, 3.05) is 13.1 Å². The molecule has 6 heteroatoms. The van der Waals surface area contributed by atoms with Crippen molar-refractivity contribution in [1.29, 1.82) is 0 Å². The maximum absolute atomic E-state index is 12.1. The highest BCUT2D eigenvalue weighted by molar-refractivity contribution is 14.1. The van der Waals surface area contributed by atoms with Crippen LogP contribution in [0.25, 0.3) is 0 Å². The summed E-state index contributed by atoms with van der Waals surface area (Å²) < 4.78 is 0.851. The Morgan fingerprint density at radius 3 is 2.65 bits per heavy atom. The summed E-state index contributed by atoms with van der Waals surface area (Å²) in [5, 5.41) is 12.4. The van der Waals surface area contributed by atoms with Gasteiger partial charge in [0.15, 0.2) is 0 Å². The third-order valence-electron chi connectivity index (χ3n) is 3.34. The minimum Gasteiger partial charge on any atom is -0.507 e. The molecule has 1 atom stereocenters. The summed E-state index contributed by atoms with van der Waals surface area (Å²) in [6, 6.07) is 4.20. The third-order valence-corrected chi connectivity index (χ3v) is 4.01. The van der Waals surface area contributed by atoms with Crippen molar-refractivity contribution >= 4 is 34.4 Å². The predicted octanol–water partition coefficient (Wildman–Crippen LogP) is 1.74. The van der Waals surface area contributed by atoms with Gasteiger partial charge in [0.2, 0.25) is 5.91 Å². The molecule has 1 fully saturated rings. The van der Waals surface area contributed by atoms with E-state index in [1.54, 1.807) is 24.0 Å². The SMILES string of the molecule is CC(NC(=O)c1cc(I)ccc1O)C(=O)N1CCCC1. The van der Waals surface area contributed by atoms with Crippen LogP contribution in [-0.4, -0.2) is 41.0 Å². The number of phenols is 1. The molecule has 1 aromatic rings. The summed E-state index contributed by atoms with van der Waals surface area (Å²) in [6.07, 6.45) is 2.04. The largest absolute Gasteiger partial charge is 0.507 e. The van der Waals surface area contributed by atoms with E-state index in [2.05, 4.69) is 27.9 Å². The lowest BCUT2D eigenvalue weighted by molar-refractivity contribution is -0.131. The fraction of sp³-hybridized carbons (Fsp3) is 0.429. The van der Waals surface area contributed by atoms with Crippen molar-refractivity contribution in [2.45, 2.75) is 25.8 Å². The number of rotatable bonds is 3. The molecule has 1 unspecified atom stereocenters. The van der Waals surface area contributed by atoms with Crippen molar-refractivity contribution < 1.29 is 14.7 Å². The first kappa shape index (κ1) is 15.1. The maximum atomic E-state index is 12.1. The second-order valence-corrected chi connectivity index (χ2v) is 6.13. The summed E-state index contributed by atoms with van der Waals surface area (Å²) >= 11 is 2.07. The normalized spacial score (nSPS) is 16.0. The molecule has 1 aliphatic heterocycles. The van der Waals surface area contributed by atoms with Crippen LogP contribution in [0.1, 0.15) is 30.1 Å². The van der Waals surface area contributed by atoms with Gasteiger partial charge in [-0.1, -0.05) is 0 Å². The average Bonchev–Trinajstić information content (AvgIpc) is 2.94. The summed E-state index contributed by atoms with van der Waals surface area (Å²) in [5.41, 5.74) is 0.193. The van der Waals surface area contributed by atoms with Crippen LogP contribution in [0, 0.1) is 3.57 Å². The van der Waals surface area contributed by atoms with Gasteiger partial charge in [0.1, 0.15) is 11.8 Å². The van der Waals surface area contributed by atoms with E-state index in [-0.39, 0.29) is 17.2 Å². The topological polar surface area (TPSA) is 69.6 Å².